The van der Waals surface area contributed by atoms with Crippen LogP contribution in [0.3, 0.4) is 0 Å². The van der Waals surface area contributed by atoms with Crippen LogP contribution >= 0.6 is 28.3 Å². The van der Waals surface area contributed by atoms with Crippen molar-refractivity contribution in [2.75, 3.05) is 13.1 Å². The monoisotopic (exact) mass is 404 g/mol. The summed E-state index contributed by atoms with van der Waals surface area (Å²) in [6.07, 6.45) is 1.98. The quantitative estimate of drug-likeness (QED) is 0.827. The molecule has 2 N–H and O–H groups in total. The van der Waals surface area contributed by atoms with E-state index in [1.165, 1.54) is 0 Å². The van der Waals surface area contributed by atoms with E-state index in [1.54, 1.807) is 0 Å². The number of carbonyl (C=O) groups excluding carboxylic acids is 1. The summed E-state index contributed by atoms with van der Waals surface area (Å²) in [5.41, 5.74) is 6.60. The maximum atomic E-state index is 12.8. The minimum absolute atomic E-state index is 0. The van der Waals surface area contributed by atoms with E-state index in [1.807, 2.05) is 43.9 Å². The van der Waals surface area contributed by atoms with Crippen LogP contribution in [0, 0.1) is 5.92 Å². The van der Waals surface area contributed by atoms with Gasteiger partial charge in [0.05, 0.1) is 11.7 Å². The molecule has 1 unspecified atom stereocenters. The highest BCUT2D eigenvalue weighted by Gasteiger charge is 2.27. The molecule has 1 atom stereocenters. The molecule has 0 aromatic heterocycles. The van der Waals surface area contributed by atoms with Gasteiger partial charge in [-0.2, -0.15) is 0 Å². The smallest absolute Gasteiger partial charge is 0.257 e. The summed E-state index contributed by atoms with van der Waals surface area (Å²) in [7, 11) is 0. The van der Waals surface area contributed by atoms with Crippen LogP contribution in [-0.4, -0.2) is 36.0 Å². The van der Waals surface area contributed by atoms with Gasteiger partial charge in [0.2, 0.25) is 0 Å². The van der Waals surface area contributed by atoms with Crippen molar-refractivity contribution >= 4 is 34.2 Å². The van der Waals surface area contributed by atoms with Gasteiger partial charge < -0.3 is 15.4 Å². The number of amides is 1. The molecule has 0 spiro atoms. The van der Waals surface area contributed by atoms with E-state index in [2.05, 4.69) is 15.9 Å². The first kappa shape index (κ1) is 20.3. The van der Waals surface area contributed by atoms with Gasteiger partial charge in [0.15, 0.2) is 0 Å². The zero-order valence-electron chi connectivity index (χ0n) is 13.9. The number of hydrogen-bond acceptors (Lipinski definition) is 3. The number of benzene rings is 1. The summed E-state index contributed by atoms with van der Waals surface area (Å²) in [4.78, 5) is 14.7. The lowest BCUT2D eigenvalue weighted by molar-refractivity contribution is 0.0675. The maximum absolute atomic E-state index is 12.8. The molecule has 1 aromatic rings. The van der Waals surface area contributed by atoms with Gasteiger partial charge in [-0.1, -0.05) is 15.9 Å². The van der Waals surface area contributed by atoms with Gasteiger partial charge in [0.1, 0.15) is 5.75 Å². The molecule has 0 saturated carbocycles. The SMILES string of the molecule is CC(C)Oc1cc(Br)ccc1C(=O)N1CCC(C(C)N)CC1.Cl. The summed E-state index contributed by atoms with van der Waals surface area (Å²) in [6.45, 7) is 7.50. The third kappa shape index (κ3) is 5.37. The molecule has 1 aliphatic heterocycles. The minimum atomic E-state index is 0. The Kier molecular flexibility index (Phi) is 7.84. The van der Waals surface area contributed by atoms with E-state index in [0.717, 1.165) is 30.4 Å². The molecule has 1 heterocycles. The van der Waals surface area contributed by atoms with Gasteiger partial charge in [0, 0.05) is 23.6 Å². The average molecular weight is 406 g/mol. The van der Waals surface area contributed by atoms with Gasteiger partial charge in [-0.25, -0.2) is 0 Å². The normalized spacial score (nSPS) is 16.9. The summed E-state index contributed by atoms with van der Waals surface area (Å²) < 4.78 is 6.71. The molecule has 4 nitrogen and oxygen atoms in total. The first-order valence-corrected chi connectivity index (χ1v) is 8.69. The molecule has 23 heavy (non-hydrogen) atoms. The number of piperidine rings is 1. The third-order valence-corrected chi connectivity index (χ3v) is 4.60. The van der Waals surface area contributed by atoms with E-state index in [0.29, 0.717) is 17.2 Å². The number of hydrogen-bond donors (Lipinski definition) is 1. The van der Waals surface area contributed by atoms with Crippen LogP contribution in [0.5, 0.6) is 5.75 Å². The molecular formula is C17H26BrClN2O2. The van der Waals surface area contributed by atoms with E-state index >= 15 is 0 Å². The van der Waals surface area contributed by atoms with Crippen LogP contribution in [0.25, 0.3) is 0 Å². The Labute approximate surface area is 153 Å². The molecule has 2 rings (SSSR count). The Morgan fingerprint density at radius 1 is 1.30 bits per heavy atom. The Hall–Kier alpha value is -0.780. The molecule has 1 amide bonds. The van der Waals surface area contributed by atoms with Crippen molar-refractivity contribution in [2.45, 2.75) is 45.8 Å². The van der Waals surface area contributed by atoms with Crippen molar-refractivity contribution < 1.29 is 9.53 Å². The summed E-state index contributed by atoms with van der Waals surface area (Å²) in [6, 6.07) is 5.78. The molecule has 1 aliphatic rings. The predicted octanol–water partition coefficient (Wildman–Crippen LogP) is 3.86. The van der Waals surface area contributed by atoms with Gasteiger partial charge >= 0.3 is 0 Å². The number of halogens is 2. The van der Waals surface area contributed by atoms with Crippen molar-refractivity contribution in [3.63, 3.8) is 0 Å². The Morgan fingerprint density at radius 3 is 2.43 bits per heavy atom. The van der Waals surface area contributed by atoms with Crippen molar-refractivity contribution in [3.8, 4) is 5.75 Å². The van der Waals surface area contributed by atoms with Gasteiger partial charge in [-0.05, 0) is 57.7 Å². The Morgan fingerprint density at radius 2 is 1.91 bits per heavy atom. The molecule has 1 fully saturated rings. The van der Waals surface area contributed by atoms with Crippen LogP contribution in [0.15, 0.2) is 22.7 Å². The second kappa shape index (κ2) is 8.90. The largest absolute Gasteiger partial charge is 0.490 e. The Bertz CT molecular complexity index is 529. The van der Waals surface area contributed by atoms with E-state index in [-0.39, 0.29) is 30.5 Å². The van der Waals surface area contributed by atoms with Gasteiger partial charge in [-0.3, -0.25) is 4.79 Å². The number of nitrogens with zero attached hydrogens (tertiary/aromatic N) is 1. The summed E-state index contributed by atoms with van der Waals surface area (Å²) in [5, 5.41) is 0. The van der Waals surface area contributed by atoms with Crippen LogP contribution in [-0.2, 0) is 0 Å². The maximum Gasteiger partial charge on any atom is 0.257 e. The Balaban J connectivity index is 0.00000264. The number of likely N-dealkylation sites (tertiary alicyclic amines) is 1. The first-order chi connectivity index (χ1) is 10.4. The van der Waals surface area contributed by atoms with Crippen molar-refractivity contribution in [2.24, 2.45) is 11.7 Å². The number of nitrogens with two attached hydrogens (primary N) is 1. The van der Waals surface area contributed by atoms with Crippen LogP contribution in [0.2, 0.25) is 0 Å². The highest BCUT2D eigenvalue weighted by molar-refractivity contribution is 9.10. The molecule has 1 aromatic carbocycles. The van der Waals surface area contributed by atoms with Gasteiger partial charge in [-0.15, -0.1) is 12.4 Å². The lowest BCUT2D eigenvalue weighted by atomic mass is 9.90. The van der Waals surface area contributed by atoms with Crippen LogP contribution in [0.4, 0.5) is 0 Å². The number of ether oxygens (including phenoxy) is 1. The summed E-state index contributed by atoms with van der Waals surface area (Å²) in [5.74, 6) is 1.20. The zero-order chi connectivity index (χ0) is 16.3. The van der Waals surface area contributed by atoms with Crippen molar-refractivity contribution in [3.05, 3.63) is 28.2 Å². The fourth-order valence-electron chi connectivity index (χ4n) is 2.82. The highest BCUT2D eigenvalue weighted by atomic mass is 79.9. The second-order valence-corrected chi connectivity index (χ2v) is 7.21. The molecule has 1 saturated heterocycles. The second-order valence-electron chi connectivity index (χ2n) is 6.30. The highest BCUT2D eigenvalue weighted by Crippen LogP contribution is 2.28. The molecule has 130 valence electrons. The van der Waals surface area contributed by atoms with Crippen LogP contribution < -0.4 is 10.5 Å². The van der Waals surface area contributed by atoms with Gasteiger partial charge in [0.25, 0.3) is 5.91 Å². The van der Waals surface area contributed by atoms with E-state index in [9.17, 15) is 4.79 Å². The molecule has 0 aliphatic carbocycles. The summed E-state index contributed by atoms with van der Waals surface area (Å²) >= 11 is 3.44. The van der Waals surface area contributed by atoms with Crippen molar-refractivity contribution in [1.29, 1.82) is 0 Å². The predicted molar refractivity (Wildman–Crippen MR) is 99.4 cm³/mol. The van der Waals surface area contributed by atoms with E-state index < -0.39 is 0 Å². The lowest BCUT2D eigenvalue weighted by Gasteiger charge is -2.34. The zero-order valence-corrected chi connectivity index (χ0v) is 16.3. The standard InChI is InChI=1S/C17H25BrN2O2.ClH/c1-11(2)22-16-10-14(18)4-5-15(16)17(21)20-8-6-13(7-9-20)12(3)19;/h4-5,10-13H,6-9,19H2,1-3H3;1H. The molecule has 6 heteroatoms. The minimum Gasteiger partial charge on any atom is -0.490 e. The molecule has 0 radical (unpaired) electrons. The third-order valence-electron chi connectivity index (χ3n) is 4.11. The number of rotatable bonds is 4. The van der Waals surface area contributed by atoms with E-state index in [4.69, 9.17) is 10.5 Å². The molecule has 0 bridgehead atoms. The lowest BCUT2D eigenvalue weighted by Crippen LogP contribution is -2.42. The van der Waals surface area contributed by atoms with Crippen LogP contribution in [0.1, 0.15) is 44.0 Å². The number of carbonyl (C=O) groups is 1. The fraction of sp³-hybridized carbons (Fsp3) is 0.588. The van der Waals surface area contributed by atoms with Crippen molar-refractivity contribution in [1.82, 2.24) is 4.90 Å². The first-order valence-electron chi connectivity index (χ1n) is 7.89. The fourth-order valence-corrected chi connectivity index (χ4v) is 3.16. The topological polar surface area (TPSA) is 55.6 Å². The molecular weight excluding hydrogens is 380 g/mol. The average Bonchev–Trinajstić information content (AvgIpc) is 2.46.